The summed E-state index contributed by atoms with van der Waals surface area (Å²) in [5, 5.41) is 15.1. The standard InChI is InChI=1S/C27H39N3O4/c1-7-34-23-11-9-22(10-12-23)28-27(33)29-24-15-21(20(6)14-26(31)32)8-13-25(24)30(16-18(2)3)17-19(4)5/h8-13,15,18-20H,7,14,16-17H2,1-6H3,(H,31,32)(H2,28,29,33). The molecule has 2 amide bonds. The van der Waals surface area contributed by atoms with Crippen molar-refractivity contribution in [2.75, 3.05) is 35.2 Å². The van der Waals surface area contributed by atoms with Gasteiger partial charge in [-0.2, -0.15) is 0 Å². The van der Waals surface area contributed by atoms with Gasteiger partial charge in [0.05, 0.1) is 24.4 Å². The first-order valence-electron chi connectivity index (χ1n) is 12.0. The number of nitrogens with zero attached hydrogens (tertiary/aromatic N) is 1. The topological polar surface area (TPSA) is 90.9 Å². The van der Waals surface area contributed by atoms with E-state index in [1.54, 1.807) is 12.1 Å². The Hall–Kier alpha value is -3.22. The van der Waals surface area contributed by atoms with Gasteiger partial charge >= 0.3 is 12.0 Å². The Morgan fingerprint density at radius 2 is 1.56 bits per heavy atom. The molecule has 0 aromatic heterocycles. The average Bonchev–Trinajstić information content (AvgIpc) is 2.73. The van der Waals surface area contributed by atoms with Crippen molar-refractivity contribution in [2.45, 2.75) is 53.9 Å². The highest BCUT2D eigenvalue weighted by Gasteiger charge is 2.19. The maximum Gasteiger partial charge on any atom is 0.323 e. The molecule has 0 spiro atoms. The third-order valence-electron chi connectivity index (χ3n) is 5.25. The summed E-state index contributed by atoms with van der Waals surface area (Å²) in [7, 11) is 0. The van der Waals surface area contributed by atoms with Crippen LogP contribution in [0.1, 0.15) is 59.4 Å². The Bertz CT molecular complexity index is 931. The molecule has 0 heterocycles. The molecular formula is C27H39N3O4. The van der Waals surface area contributed by atoms with Crippen molar-refractivity contribution in [1.29, 1.82) is 0 Å². The second kappa shape index (κ2) is 12.9. The van der Waals surface area contributed by atoms with Gasteiger partial charge in [-0.3, -0.25) is 4.79 Å². The number of hydrogen-bond acceptors (Lipinski definition) is 4. The maximum atomic E-state index is 12.9. The van der Waals surface area contributed by atoms with Crippen molar-refractivity contribution in [3.05, 3.63) is 48.0 Å². The molecule has 2 aromatic carbocycles. The first kappa shape index (κ1) is 27.0. The van der Waals surface area contributed by atoms with Crippen LogP contribution in [0.25, 0.3) is 0 Å². The first-order chi connectivity index (χ1) is 16.1. The van der Waals surface area contributed by atoms with Crippen LogP contribution in [-0.2, 0) is 4.79 Å². The number of benzene rings is 2. The molecule has 0 bridgehead atoms. The lowest BCUT2D eigenvalue weighted by atomic mass is 9.96. The zero-order valence-corrected chi connectivity index (χ0v) is 21.2. The van der Waals surface area contributed by atoms with Crippen molar-refractivity contribution in [2.24, 2.45) is 11.8 Å². The summed E-state index contributed by atoms with van der Waals surface area (Å²) in [4.78, 5) is 26.4. The van der Waals surface area contributed by atoms with E-state index in [1.807, 2.05) is 44.2 Å². The highest BCUT2D eigenvalue weighted by atomic mass is 16.5. The molecule has 2 rings (SSSR count). The molecule has 186 valence electrons. The first-order valence-corrected chi connectivity index (χ1v) is 12.0. The second-order valence-corrected chi connectivity index (χ2v) is 9.50. The second-order valence-electron chi connectivity index (χ2n) is 9.50. The summed E-state index contributed by atoms with van der Waals surface area (Å²) in [5.41, 5.74) is 3.12. The number of hydrogen-bond donors (Lipinski definition) is 3. The number of rotatable bonds is 12. The smallest absolute Gasteiger partial charge is 0.323 e. The molecule has 0 saturated heterocycles. The Balaban J connectivity index is 2.33. The van der Waals surface area contributed by atoms with Gasteiger partial charge in [-0.05, 0) is 66.6 Å². The predicted octanol–water partition coefficient (Wildman–Crippen LogP) is 6.43. The zero-order valence-electron chi connectivity index (χ0n) is 21.2. The molecular weight excluding hydrogens is 430 g/mol. The summed E-state index contributed by atoms with van der Waals surface area (Å²) in [6, 6.07) is 12.7. The van der Waals surface area contributed by atoms with Crippen LogP contribution in [-0.4, -0.2) is 36.8 Å². The number of nitrogens with one attached hydrogen (secondary N) is 2. The number of carboxylic acid groups (broad SMARTS) is 1. The summed E-state index contributed by atoms with van der Waals surface area (Å²) in [6.45, 7) is 14.7. The number of ether oxygens (including phenoxy) is 1. The average molecular weight is 470 g/mol. The van der Waals surface area contributed by atoms with Gasteiger partial charge in [-0.25, -0.2) is 4.79 Å². The van der Waals surface area contributed by atoms with Gasteiger partial charge in [0.15, 0.2) is 0 Å². The number of carbonyl (C=O) groups excluding carboxylic acids is 1. The molecule has 7 nitrogen and oxygen atoms in total. The lowest BCUT2D eigenvalue weighted by Crippen LogP contribution is -2.32. The van der Waals surface area contributed by atoms with E-state index in [4.69, 9.17) is 4.74 Å². The molecule has 2 aromatic rings. The van der Waals surface area contributed by atoms with Gasteiger partial charge in [-0.1, -0.05) is 40.7 Å². The molecule has 3 N–H and O–H groups in total. The number of aliphatic carboxylic acids is 1. The molecule has 0 aliphatic carbocycles. The highest BCUT2D eigenvalue weighted by molar-refractivity contribution is 6.02. The van der Waals surface area contributed by atoms with E-state index >= 15 is 0 Å². The minimum absolute atomic E-state index is 0.0267. The molecule has 1 unspecified atom stereocenters. The summed E-state index contributed by atoms with van der Waals surface area (Å²) in [5.74, 6) is 0.601. The Morgan fingerprint density at radius 3 is 2.09 bits per heavy atom. The number of carboxylic acids is 1. The lowest BCUT2D eigenvalue weighted by molar-refractivity contribution is -0.137. The largest absolute Gasteiger partial charge is 0.494 e. The molecule has 7 heteroatoms. The highest BCUT2D eigenvalue weighted by Crippen LogP contribution is 2.32. The van der Waals surface area contributed by atoms with Crippen LogP contribution in [0.5, 0.6) is 5.75 Å². The van der Waals surface area contributed by atoms with E-state index in [2.05, 4.69) is 43.2 Å². The minimum atomic E-state index is -0.847. The van der Waals surface area contributed by atoms with Crippen LogP contribution in [0.2, 0.25) is 0 Å². The Morgan fingerprint density at radius 1 is 0.941 bits per heavy atom. The van der Waals surface area contributed by atoms with E-state index in [-0.39, 0.29) is 18.4 Å². The van der Waals surface area contributed by atoms with Crippen LogP contribution in [0.4, 0.5) is 21.9 Å². The SMILES string of the molecule is CCOc1ccc(NC(=O)Nc2cc(C(C)CC(=O)O)ccc2N(CC(C)C)CC(C)C)cc1. The van der Waals surface area contributed by atoms with Crippen molar-refractivity contribution in [3.8, 4) is 5.75 Å². The zero-order chi connectivity index (χ0) is 25.3. The van der Waals surface area contributed by atoms with E-state index in [0.717, 1.165) is 30.1 Å². The number of carbonyl (C=O) groups is 2. The quantitative estimate of drug-likeness (QED) is 0.333. The molecule has 0 aliphatic heterocycles. The number of anilines is 3. The minimum Gasteiger partial charge on any atom is -0.494 e. The molecule has 0 fully saturated rings. The number of urea groups is 1. The fraction of sp³-hybridized carbons (Fsp3) is 0.481. The molecule has 1 atom stereocenters. The van der Waals surface area contributed by atoms with E-state index < -0.39 is 5.97 Å². The van der Waals surface area contributed by atoms with Crippen LogP contribution in [0.15, 0.2) is 42.5 Å². The van der Waals surface area contributed by atoms with Gasteiger partial charge in [0.2, 0.25) is 0 Å². The molecule has 0 aliphatic rings. The Labute approximate surface area is 203 Å². The molecule has 0 radical (unpaired) electrons. The Kier molecular flexibility index (Phi) is 10.2. The van der Waals surface area contributed by atoms with E-state index in [0.29, 0.717) is 29.8 Å². The van der Waals surface area contributed by atoms with E-state index in [1.165, 1.54) is 0 Å². The van der Waals surface area contributed by atoms with Gasteiger partial charge in [-0.15, -0.1) is 0 Å². The van der Waals surface area contributed by atoms with Crippen LogP contribution < -0.4 is 20.3 Å². The normalized spacial score (nSPS) is 11.9. The monoisotopic (exact) mass is 469 g/mol. The fourth-order valence-electron chi connectivity index (χ4n) is 3.85. The van der Waals surface area contributed by atoms with E-state index in [9.17, 15) is 14.7 Å². The predicted molar refractivity (Wildman–Crippen MR) is 139 cm³/mol. The van der Waals surface area contributed by atoms with Gasteiger partial charge < -0.3 is 25.4 Å². The van der Waals surface area contributed by atoms with Crippen LogP contribution in [0.3, 0.4) is 0 Å². The van der Waals surface area contributed by atoms with Gasteiger partial charge in [0, 0.05) is 18.8 Å². The number of amides is 2. The van der Waals surface area contributed by atoms with Crippen molar-refractivity contribution in [1.82, 2.24) is 0 Å². The summed E-state index contributed by atoms with van der Waals surface area (Å²) >= 11 is 0. The summed E-state index contributed by atoms with van der Waals surface area (Å²) < 4.78 is 5.45. The molecule has 34 heavy (non-hydrogen) atoms. The maximum absolute atomic E-state index is 12.9. The van der Waals surface area contributed by atoms with Gasteiger partial charge in [0.1, 0.15) is 5.75 Å². The van der Waals surface area contributed by atoms with Crippen LogP contribution >= 0.6 is 0 Å². The third kappa shape index (κ3) is 8.61. The van der Waals surface area contributed by atoms with Gasteiger partial charge in [0.25, 0.3) is 0 Å². The molecule has 0 saturated carbocycles. The summed E-state index contributed by atoms with van der Waals surface area (Å²) in [6.07, 6.45) is 0.0267. The van der Waals surface area contributed by atoms with Crippen molar-refractivity contribution >= 4 is 29.1 Å². The lowest BCUT2D eigenvalue weighted by Gasteiger charge is -2.31. The van der Waals surface area contributed by atoms with Crippen molar-refractivity contribution in [3.63, 3.8) is 0 Å². The third-order valence-corrected chi connectivity index (χ3v) is 5.25. The fourth-order valence-corrected chi connectivity index (χ4v) is 3.85. The van der Waals surface area contributed by atoms with Crippen LogP contribution in [0, 0.1) is 11.8 Å². The van der Waals surface area contributed by atoms with Crippen molar-refractivity contribution < 1.29 is 19.4 Å².